The van der Waals surface area contributed by atoms with Crippen molar-refractivity contribution in [2.24, 2.45) is 0 Å². The van der Waals surface area contributed by atoms with Crippen LogP contribution in [0.3, 0.4) is 0 Å². The zero-order valence-corrected chi connectivity index (χ0v) is 9.62. The average molecular weight is 227 g/mol. The van der Waals surface area contributed by atoms with Gasteiger partial charge >= 0.3 is 0 Å². The van der Waals surface area contributed by atoms with Crippen LogP contribution in [-0.2, 0) is 0 Å². The van der Waals surface area contributed by atoms with E-state index in [1.54, 1.807) is 11.8 Å². The number of thioether (sulfide) groups is 1. The van der Waals surface area contributed by atoms with Crippen LogP contribution in [0.1, 0.15) is 38.1 Å². The fourth-order valence-corrected chi connectivity index (χ4v) is 2.47. The molecule has 1 aliphatic carbocycles. The lowest BCUT2D eigenvalue weighted by molar-refractivity contribution is 0.284. The third kappa shape index (κ3) is 3.21. The summed E-state index contributed by atoms with van der Waals surface area (Å²) >= 11 is 1.78. The van der Waals surface area contributed by atoms with E-state index in [0.29, 0.717) is 12.6 Å². The highest BCUT2D eigenvalue weighted by Crippen LogP contribution is 2.37. The van der Waals surface area contributed by atoms with Crippen LogP contribution in [0, 0.1) is 0 Å². The smallest absolute Gasteiger partial charge is 0.191 e. The predicted octanol–water partition coefficient (Wildman–Crippen LogP) is 1.87. The summed E-state index contributed by atoms with van der Waals surface area (Å²) in [5.41, 5.74) is 0. The molecule has 1 aromatic heterocycles. The summed E-state index contributed by atoms with van der Waals surface area (Å²) in [5, 5.41) is 17.8. The SMILES string of the molecule is OCCCCCSc1nncn1C1CC1. The molecule has 0 bridgehead atoms. The van der Waals surface area contributed by atoms with Crippen molar-refractivity contribution < 1.29 is 5.11 Å². The molecule has 1 saturated carbocycles. The van der Waals surface area contributed by atoms with E-state index in [0.717, 1.165) is 30.2 Å². The minimum absolute atomic E-state index is 0.308. The Kier molecular flexibility index (Phi) is 4.02. The summed E-state index contributed by atoms with van der Waals surface area (Å²) in [6.45, 7) is 0.308. The summed E-state index contributed by atoms with van der Waals surface area (Å²) in [7, 11) is 0. The van der Waals surface area contributed by atoms with Crippen molar-refractivity contribution in [1.82, 2.24) is 14.8 Å². The van der Waals surface area contributed by atoms with E-state index in [4.69, 9.17) is 5.11 Å². The first-order chi connectivity index (χ1) is 7.42. The molecule has 5 heteroatoms. The molecule has 0 atom stereocenters. The minimum atomic E-state index is 0.308. The van der Waals surface area contributed by atoms with Gasteiger partial charge in [-0.3, -0.25) is 0 Å². The lowest BCUT2D eigenvalue weighted by atomic mass is 10.3. The van der Waals surface area contributed by atoms with Crippen LogP contribution in [0.4, 0.5) is 0 Å². The molecular weight excluding hydrogens is 210 g/mol. The van der Waals surface area contributed by atoms with Gasteiger partial charge in [-0.2, -0.15) is 0 Å². The number of hydrogen-bond acceptors (Lipinski definition) is 4. The summed E-state index contributed by atoms with van der Waals surface area (Å²) in [6, 6.07) is 0.667. The van der Waals surface area contributed by atoms with E-state index in [-0.39, 0.29) is 0 Å². The third-order valence-corrected chi connectivity index (χ3v) is 3.56. The van der Waals surface area contributed by atoms with Gasteiger partial charge in [-0.25, -0.2) is 0 Å². The zero-order valence-electron chi connectivity index (χ0n) is 8.80. The molecule has 1 aromatic rings. The molecule has 0 spiro atoms. The van der Waals surface area contributed by atoms with Crippen molar-refractivity contribution >= 4 is 11.8 Å². The molecular formula is C10H17N3OS. The van der Waals surface area contributed by atoms with Crippen molar-refractivity contribution in [3.05, 3.63) is 6.33 Å². The molecule has 0 aromatic carbocycles. The van der Waals surface area contributed by atoms with Crippen LogP contribution in [0.5, 0.6) is 0 Å². The minimum Gasteiger partial charge on any atom is -0.396 e. The van der Waals surface area contributed by atoms with Crippen molar-refractivity contribution in [3.63, 3.8) is 0 Å². The monoisotopic (exact) mass is 227 g/mol. The van der Waals surface area contributed by atoms with Crippen LogP contribution < -0.4 is 0 Å². The van der Waals surface area contributed by atoms with Crippen molar-refractivity contribution in [1.29, 1.82) is 0 Å². The van der Waals surface area contributed by atoms with E-state index in [1.165, 1.54) is 12.8 Å². The largest absolute Gasteiger partial charge is 0.396 e. The topological polar surface area (TPSA) is 50.9 Å². The van der Waals surface area contributed by atoms with Crippen LogP contribution in [0.15, 0.2) is 11.5 Å². The molecule has 0 aliphatic heterocycles. The van der Waals surface area contributed by atoms with Gasteiger partial charge in [0.15, 0.2) is 5.16 Å². The number of hydrogen-bond donors (Lipinski definition) is 1. The van der Waals surface area contributed by atoms with E-state index < -0.39 is 0 Å². The first kappa shape index (κ1) is 11.0. The third-order valence-electron chi connectivity index (χ3n) is 2.51. The average Bonchev–Trinajstić information content (AvgIpc) is 2.99. The van der Waals surface area contributed by atoms with Gasteiger partial charge in [-0.15, -0.1) is 10.2 Å². The first-order valence-corrected chi connectivity index (χ1v) is 6.53. The summed E-state index contributed by atoms with van der Waals surface area (Å²) in [5.74, 6) is 1.07. The second kappa shape index (κ2) is 5.51. The van der Waals surface area contributed by atoms with Crippen LogP contribution >= 0.6 is 11.8 Å². The molecule has 84 valence electrons. The van der Waals surface area contributed by atoms with E-state index in [9.17, 15) is 0 Å². The van der Waals surface area contributed by atoms with Gasteiger partial charge in [-0.1, -0.05) is 18.2 Å². The quantitative estimate of drug-likeness (QED) is 0.570. The van der Waals surface area contributed by atoms with Crippen LogP contribution in [0.2, 0.25) is 0 Å². The van der Waals surface area contributed by atoms with E-state index >= 15 is 0 Å². The summed E-state index contributed by atoms with van der Waals surface area (Å²) < 4.78 is 2.19. The zero-order chi connectivity index (χ0) is 10.5. The van der Waals surface area contributed by atoms with Crippen molar-refractivity contribution in [3.8, 4) is 0 Å². The molecule has 4 nitrogen and oxygen atoms in total. The molecule has 0 amide bonds. The fraction of sp³-hybridized carbons (Fsp3) is 0.800. The molecule has 1 heterocycles. The Morgan fingerprint density at radius 3 is 3.00 bits per heavy atom. The molecule has 0 radical (unpaired) electrons. The molecule has 1 aliphatic rings. The van der Waals surface area contributed by atoms with Gasteiger partial charge in [0.1, 0.15) is 6.33 Å². The summed E-state index contributed by atoms with van der Waals surface area (Å²) in [6.07, 6.45) is 7.54. The number of aliphatic hydroxyl groups is 1. The van der Waals surface area contributed by atoms with Gasteiger partial charge in [0.2, 0.25) is 0 Å². The lowest BCUT2D eigenvalue weighted by Gasteiger charge is -2.03. The van der Waals surface area contributed by atoms with Gasteiger partial charge in [0, 0.05) is 18.4 Å². The second-order valence-corrected chi connectivity index (χ2v) is 4.95. The fourth-order valence-electron chi connectivity index (χ4n) is 1.49. The molecule has 15 heavy (non-hydrogen) atoms. The Hall–Kier alpha value is -0.550. The number of unbranched alkanes of at least 4 members (excludes halogenated alkanes) is 2. The van der Waals surface area contributed by atoms with Crippen LogP contribution in [0.25, 0.3) is 0 Å². The number of nitrogens with zero attached hydrogens (tertiary/aromatic N) is 3. The van der Waals surface area contributed by atoms with Gasteiger partial charge < -0.3 is 9.67 Å². The highest BCUT2D eigenvalue weighted by Gasteiger charge is 2.25. The number of aliphatic hydroxyl groups excluding tert-OH is 1. The molecule has 1 fully saturated rings. The number of rotatable bonds is 7. The Labute approximate surface area is 94.1 Å². The second-order valence-electron chi connectivity index (χ2n) is 3.88. The Balaban J connectivity index is 1.70. The van der Waals surface area contributed by atoms with E-state index in [2.05, 4.69) is 14.8 Å². The maximum absolute atomic E-state index is 8.64. The Morgan fingerprint density at radius 2 is 2.27 bits per heavy atom. The highest BCUT2D eigenvalue weighted by molar-refractivity contribution is 7.99. The molecule has 1 N–H and O–H groups in total. The molecule has 0 unspecified atom stereocenters. The number of aromatic nitrogens is 3. The standard InChI is InChI=1S/C10H17N3OS/c14-6-2-1-3-7-15-10-12-11-8-13(10)9-4-5-9/h8-9,14H,1-7H2. The maximum atomic E-state index is 8.64. The molecule has 0 saturated heterocycles. The Bertz CT molecular complexity index is 299. The predicted molar refractivity (Wildman–Crippen MR) is 60.0 cm³/mol. The first-order valence-electron chi connectivity index (χ1n) is 5.55. The lowest BCUT2D eigenvalue weighted by Crippen LogP contribution is -1.95. The highest BCUT2D eigenvalue weighted by atomic mass is 32.2. The van der Waals surface area contributed by atoms with Crippen molar-refractivity contribution in [2.45, 2.75) is 43.3 Å². The summed E-state index contributed by atoms with van der Waals surface area (Å²) in [4.78, 5) is 0. The van der Waals surface area contributed by atoms with Gasteiger partial charge in [0.25, 0.3) is 0 Å². The van der Waals surface area contributed by atoms with Gasteiger partial charge in [0.05, 0.1) is 0 Å². The Morgan fingerprint density at radius 1 is 1.40 bits per heavy atom. The maximum Gasteiger partial charge on any atom is 0.191 e. The molecule has 2 rings (SSSR count). The van der Waals surface area contributed by atoms with Crippen molar-refractivity contribution in [2.75, 3.05) is 12.4 Å². The normalized spacial score (nSPS) is 15.8. The van der Waals surface area contributed by atoms with E-state index in [1.807, 2.05) is 6.33 Å². The van der Waals surface area contributed by atoms with Crippen LogP contribution in [-0.4, -0.2) is 32.2 Å². The van der Waals surface area contributed by atoms with Gasteiger partial charge in [-0.05, 0) is 25.7 Å².